The van der Waals surface area contributed by atoms with E-state index in [1.807, 2.05) is 49.3 Å². The van der Waals surface area contributed by atoms with E-state index in [1.54, 1.807) is 24.4 Å². The molecule has 2 aromatic carbocycles. The van der Waals surface area contributed by atoms with Crippen LogP contribution < -0.4 is 14.8 Å². The number of rotatable bonds is 7. The minimum Gasteiger partial charge on any atom is -0.496 e. The van der Waals surface area contributed by atoms with Crippen molar-refractivity contribution in [1.82, 2.24) is 9.88 Å². The summed E-state index contributed by atoms with van der Waals surface area (Å²) in [5.41, 5.74) is 1.98. The number of ether oxygens (including phenoxy) is 2. The zero-order valence-electron chi connectivity index (χ0n) is 15.7. The summed E-state index contributed by atoms with van der Waals surface area (Å²) in [7, 11) is 5.51. The third-order valence-electron chi connectivity index (χ3n) is 4.12. The number of amides is 1. The van der Waals surface area contributed by atoms with Crippen LogP contribution in [-0.4, -0.2) is 50.1 Å². The third-order valence-corrected chi connectivity index (χ3v) is 4.12. The van der Waals surface area contributed by atoms with Crippen molar-refractivity contribution in [2.45, 2.75) is 0 Å². The number of nitrogens with one attached hydrogen (secondary N) is 1. The number of likely N-dealkylation sites (N-methyl/N-ethyl adjacent to an activating group) is 1. The van der Waals surface area contributed by atoms with Crippen molar-refractivity contribution in [3.8, 4) is 11.5 Å². The molecule has 0 saturated heterocycles. The minimum atomic E-state index is -0.247. The maximum atomic E-state index is 12.8. The Hall–Kier alpha value is -3.12. The van der Waals surface area contributed by atoms with Gasteiger partial charge in [-0.15, -0.1) is 0 Å². The average molecular weight is 365 g/mol. The van der Waals surface area contributed by atoms with Gasteiger partial charge in [0.25, 0.3) is 5.91 Å². The summed E-state index contributed by atoms with van der Waals surface area (Å²) in [6.45, 7) is 1.37. The van der Waals surface area contributed by atoms with Crippen LogP contribution in [0, 0.1) is 0 Å². The van der Waals surface area contributed by atoms with Crippen LogP contribution >= 0.6 is 0 Å². The Labute approximate surface area is 158 Å². The molecule has 0 aliphatic carbocycles. The van der Waals surface area contributed by atoms with Crippen molar-refractivity contribution in [2.24, 2.45) is 0 Å². The van der Waals surface area contributed by atoms with Crippen LogP contribution in [0.2, 0.25) is 0 Å². The first kappa shape index (κ1) is 18.7. The summed E-state index contributed by atoms with van der Waals surface area (Å²) >= 11 is 0. The van der Waals surface area contributed by atoms with Crippen molar-refractivity contribution >= 4 is 22.5 Å². The Kier molecular flexibility index (Phi) is 5.88. The molecule has 0 radical (unpaired) electrons. The highest BCUT2D eigenvalue weighted by Gasteiger charge is 2.15. The van der Waals surface area contributed by atoms with Crippen LogP contribution in [0.15, 0.2) is 54.7 Å². The molecule has 0 aliphatic rings. The quantitative estimate of drug-likeness (QED) is 0.695. The van der Waals surface area contributed by atoms with Crippen molar-refractivity contribution < 1.29 is 14.3 Å². The molecule has 6 nitrogen and oxygen atoms in total. The molecule has 0 unspecified atom stereocenters. The van der Waals surface area contributed by atoms with Crippen molar-refractivity contribution in [2.75, 3.05) is 39.7 Å². The minimum absolute atomic E-state index is 0.247. The number of aromatic nitrogens is 1. The van der Waals surface area contributed by atoms with E-state index in [9.17, 15) is 4.79 Å². The molecule has 3 aromatic rings. The molecule has 6 heteroatoms. The number of carbonyl (C=O) groups is 1. The van der Waals surface area contributed by atoms with E-state index in [0.717, 1.165) is 17.4 Å². The lowest BCUT2D eigenvalue weighted by atomic mass is 10.1. The number of hydrogen-bond donors (Lipinski definition) is 1. The lowest BCUT2D eigenvalue weighted by molar-refractivity contribution is 0.102. The van der Waals surface area contributed by atoms with Crippen molar-refractivity contribution in [3.63, 3.8) is 0 Å². The van der Waals surface area contributed by atoms with Gasteiger partial charge in [-0.2, -0.15) is 0 Å². The van der Waals surface area contributed by atoms with Gasteiger partial charge in [0.15, 0.2) is 0 Å². The molecule has 1 heterocycles. The molecule has 1 N–H and O–H groups in total. The predicted molar refractivity (Wildman–Crippen MR) is 107 cm³/mol. The zero-order chi connectivity index (χ0) is 19.2. The van der Waals surface area contributed by atoms with Crippen LogP contribution in [0.25, 0.3) is 10.9 Å². The topological polar surface area (TPSA) is 63.7 Å². The van der Waals surface area contributed by atoms with Crippen LogP contribution in [0.3, 0.4) is 0 Å². The van der Waals surface area contributed by atoms with Gasteiger partial charge in [0, 0.05) is 24.2 Å². The van der Waals surface area contributed by atoms with Gasteiger partial charge in [0.2, 0.25) is 0 Å². The maximum Gasteiger partial charge on any atom is 0.259 e. The number of anilines is 1. The number of carbonyl (C=O) groups excluding carboxylic acids is 1. The highest BCUT2D eigenvalue weighted by molar-refractivity contribution is 6.10. The Morgan fingerprint density at radius 1 is 1.15 bits per heavy atom. The normalized spacial score (nSPS) is 10.8. The first-order valence-corrected chi connectivity index (χ1v) is 8.69. The van der Waals surface area contributed by atoms with Crippen LogP contribution in [-0.2, 0) is 0 Å². The van der Waals surface area contributed by atoms with E-state index >= 15 is 0 Å². The number of benzene rings is 2. The molecule has 3 rings (SSSR count). The summed E-state index contributed by atoms with van der Waals surface area (Å²) in [4.78, 5) is 19.1. The van der Waals surface area contributed by atoms with Crippen molar-refractivity contribution in [3.05, 3.63) is 60.3 Å². The fraction of sp³-hybridized carbons (Fsp3) is 0.238. The number of hydrogen-bond acceptors (Lipinski definition) is 5. The maximum absolute atomic E-state index is 12.8. The van der Waals surface area contributed by atoms with E-state index < -0.39 is 0 Å². The second-order valence-corrected chi connectivity index (χ2v) is 6.34. The van der Waals surface area contributed by atoms with Crippen molar-refractivity contribution in [1.29, 1.82) is 0 Å². The van der Waals surface area contributed by atoms with Gasteiger partial charge in [0.05, 0.1) is 23.9 Å². The largest absolute Gasteiger partial charge is 0.496 e. The molecule has 0 spiro atoms. The lowest BCUT2D eigenvalue weighted by Gasteiger charge is -2.14. The van der Waals surface area contributed by atoms with Gasteiger partial charge in [-0.3, -0.25) is 9.78 Å². The Morgan fingerprint density at radius 2 is 2.00 bits per heavy atom. The molecule has 0 atom stereocenters. The fourth-order valence-electron chi connectivity index (χ4n) is 2.70. The summed E-state index contributed by atoms with van der Waals surface area (Å²) in [5, 5.41) is 3.83. The van der Waals surface area contributed by atoms with Gasteiger partial charge < -0.3 is 19.7 Å². The van der Waals surface area contributed by atoms with E-state index in [-0.39, 0.29) is 5.91 Å². The molecule has 27 heavy (non-hydrogen) atoms. The van der Waals surface area contributed by atoms with Gasteiger partial charge >= 0.3 is 0 Å². The molecule has 140 valence electrons. The molecule has 0 aliphatic heterocycles. The smallest absolute Gasteiger partial charge is 0.259 e. The number of fused-ring (bicyclic) bond motifs is 1. The van der Waals surface area contributed by atoms with E-state index in [2.05, 4.69) is 10.3 Å². The molecular formula is C21H23N3O3. The number of methoxy groups -OCH3 is 1. The Bertz CT molecular complexity index is 936. The molecule has 0 fully saturated rings. The Morgan fingerprint density at radius 3 is 2.78 bits per heavy atom. The first-order chi connectivity index (χ1) is 13.1. The van der Waals surface area contributed by atoms with E-state index in [0.29, 0.717) is 29.4 Å². The fourth-order valence-corrected chi connectivity index (χ4v) is 2.70. The molecule has 0 bridgehead atoms. The Balaban J connectivity index is 1.79. The zero-order valence-corrected chi connectivity index (χ0v) is 15.7. The summed E-state index contributed by atoms with van der Waals surface area (Å²) in [6, 6.07) is 14.6. The second kappa shape index (κ2) is 8.51. The predicted octanol–water partition coefficient (Wildman–Crippen LogP) is 3.44. The standard InChI is InChI=1S/C21H23N3O3/c1-24(2)12-13-27-15-9-10-17(20(14-15)26-3)21(25)23-19-8-4-7-18-16(19)6-5-11-22-18/h4-11,14H,12-13H2,1-3H3,(H,23,25). The number of pyridine rings is 1. The third kappa shape index (κ3) is 4.54. The van der Waals surface area contributed by atoms with Gasteiger partial charge in [-0.05, 0) is 50.5 Å². The first-order valence-electron chi connectivity index (χ1n) is 8.69. The molecule has 1 amide bonds. The molecule has 1 aromatic heterocycles. The van der Waals surface area contributed by atoms with Gasteiger partial charge in [-0.25, -0.2) is 0 Å². The number of nitrogens with zero attached hydrogens (tertiary/aromatic N) is 2. The molecule has 0 saturated carbocycles. The lowest BCUT2D eigenvalue weighted by Crippen LogP contribution is -2.19. The van der Waals surface area contributed by atoms with Gasteiger partial charge in [-0.1, -0.05) is 6.07 Å². The average Bonchev–Trinajstić information content (AvgIpc) is 2.67. The summed E-state index contributed by atoms with van der Waals surface area (Å²) < 4.78 is 11.1. The second-order valence-electron chi connectivity index (χ2n) is 6.34. The van der Waals surface area contributed by atoms with E-state index in [4.69, 9.17) is 9.47 Å². The van der Waals surface area contributed by atoms with Crippen LogP contribution in [0.4, 0.5) is 5.69 Å². The highest BCUT2D eigenvalue weighted by Crippen LogP contribution is 2.27. The SMILES string of the molecule is COc1cc(OCCN(C)C)ccc1C(=O)Nc1cccc2ncccc12. The van der Waals surface area contributed by atoms with E-state index in [1.165, 1.54) is 7.11 Å². The monoisotopic (exact) mass is 365 g/mol. The highest BCUT2D eigenvalue weighted by atomic mass is 16.5. The van der Waals surface area contributed by atoms with Crippen LogP contribution in [0.1, 0.15) is 10.4 Å². The van der Waals surface area contributed by atoms with Crippen LogP contribution in [0.5, 0.6) is 11.5 Å². The van der Waals surface area contributed by atoms with Gasteiger partial charge in [0.1, 0.15) is 18.1 Å². The molecular weight excluding hydrogens is 342 g/mol. The summed E-state index contributed by atoms with van der Waals surface area (Å²) in [5.74, 6) is 0.885. The summed E-state index contributed by atoms with van der Waals surface area (Å²) in [6.07, 6.45) is 1.73.